The molecule has 2 aliphatic rings. The summed E-state index contributed by atoms with van der Waals surface area (Å²) in [5, 5.41) is 0. The molecule has 1 saturated carbocycles. The normalized spacial score (nSPS) is 41.1. The van der Waals surface area contributed by atoms with Crippen molar-refractivity contribution in [3.63, 3.8) is 0 Å². The molecule has 2 rings (SSSR count). The van der Waals surface area contributed by atoms with Gasteiger partial charge in [0, 0.05) is 25.2 Å². The number of hydrogen-bond acceptors (Lipinski definition) is 3. The monoisotopic (exact) mass is 198 g/mol. The molecule has 1 saturated heterocycles. The lowest BCUT2D eigenvalue weighted by atomic mass is 9.90. The highest BCUT2D eigenvalue weighted by molar-refractivity contribution is 4.84. The van der Waals surface area contributed by atoms with Crippen LogP contribution in [0.15, 0.2) is 0 Å². The zero-order valence-electron chi connectivity index (χ0n) is 9.11. The molecule has 14 heavy (non-hydrogen) atoms. The lowest BCUT2D eigenvalue weighted by Crippen LogP contribution is -2.49. The molecule has 0 amide bonds. The maximum absolute atomic E-state index is 6.01. The van der Waals surface area contributed by atoms with E-state index in [-0.39, 0.29) is 0 Å². The highest BCUT2D eigenvalue weighted by Gasteiger charge is 2.27. The van der Waals surface area contributed by atoms with Crippen molar-refractivity contribution in [3.05, 3.63) is 0 Å². The number of ether oxygens (including phenoxy) is 1. The Morgan fingerprint density at radius 3 is 2.93 bits per heavy atom. The van der Waals surface area contributed by atoms with E-state index in [0.29, 0.717) is 12.1 Å². The zero-order valence-corrected chi connectivity index (χ0v) is 9.11. The molecule has 2 fully saturated rings. The van der Waals surface area contributed by atoms with Gasteiger partial charge in [0.15, 0.2) is 0 Å². The number of rotatable bonds is 1. The van der Waals surface area contributed by atoms with Crippen LogP contribution in [-0.2, 0) is 4.74 Å². The van der Waals surface area contributed by atoms with E-state index in [1.165, 1.54) is 25.7 Å². The van der Waals surface area contributed by atoms with Gasteiger partial charge in [0.2, 0.25) is 0 Å². The summed E-state index contributed by atoms with van der Waals surface area (Å²) in [4.78, 5) is 2.58. The van der Waals surface area contributed by atoms with Crippen molar-refractivity contribution in [1.82, 2.24) is 4.90 Å². The maximum atomic E-state index is 6.01. The van der Waals surface area contributed by atoms with Gasteiger partial charge >= 0.3 is 0 Å². The fourth-order valence-electron chi connectivity index (χ4n) is 2.71. The molecular weight excluding hydrogens is 176 g/mol. The minimum absolute atomic E-state index is 0.405. The van der Waals surface area contributed by atoms with Gasteiger partial charge < -0.3 is 10.5 Å². The molecule has 3 atom stereocenters. The van der Waals surface area contributed by atoms with E-state index in [0.717, 1.165) is 25.7 Å². The zero-order chi connectivity index (χ0) is 9.97. The van der Waals surface area contributed by atoms with E-state index in [4.69, 9.17) is 10.5 Å². The summed E-state index contributed by atoms with van der Waals surface area (Å²) in [7, 11) is 0. The van der Waals surface area contributed by atoms with Crippen LogP contribution < -0.4 is 5.73 Å². The molecule has 2 N–H and O–H groups in total. The van der Waals surface area contributed by atoms with Crippen LogP contribution in [0.2, 0.25) is 0 Å². The third kappa shape index (κ3) is 2.47. The fourth-order valence-corrected chi connectivity index (χ4v) is 2.71. The molecule has 82 valence electrons. The Morgan fingerprint density at radius 2 is 2.21 bits per heavy atom. The Hall–Kier alpha value is -0.120. The standard InChI is InChI=1S/C11H22N2O/c1-9-8-13(5-6-14-9)11-4-2-3-10(12)7-11/h9-11H,2-8,12H2,1H3. The summed E-state index contributed by atoms with van der Waals surface area (Å²) in [6.07, 6.45) is 5.45. The van der Waals surface area contributed by atoms with Crippen molar-refractivity contribution in [2.45, 2.75) is 50.8 Å². The Morgan fingerprint density at radius 1 is 1.36 bits per heavy atom. The lowest BCUT2D eigenvalue weighted by molar-refractivity contribution is -0.0403. The van der Waals surface area contributed by atoms with Crippen LogP contribution in [0.3, 0.4) is 0 Å². The van der Waals surface area contributed by atoms with Gasteiger partial charge in [0.25, 0.3) is 0 Å². The lowest BCUT2D eigenvalue weighted by Gasteiger charge is -2.40. The Labute approximate surface area is 86.6 Å². The summed E-state index contributed by atoms with van der Waals surface area (Å²) in [5.74, 6) is 0. The first-order chi connectivity index (χ1) is 6.75. The molecule has 3 nitrogen and oxygen atoms in total. The second kappa shape index (κ2) is 4.60. The van der Waals surface area contributed by atoms with Gasteiger partial charge in [0.1, 0.15) is 0 Å². The minimum Gasteiger partial charge on any atom is -0.376 e. The number of morpholine rings is 1. The predicted octanol–water partition coefficient (Wildman–Crippen LogP) is 0.977. The molecule has 0 aromatic heterocycles. The molecule has 3 heteroatoms. The second-order valence-corrected chi connectivity index (χ2v) is 4.76. The van der Waals surface area contributed by atoms with Crippen LogP contribution in [0.5, 0.6) is 0 Å². The quantitative estimate of drug-likeness (QED) is 0.682. The van der Waals surface area contributed by atoms with E-state index in [2.05, 4.69) is 11.8 Å². The van der Waals surface area contributed by atoms with Gasteiger partial charge in [-0.1, -0.05) is 6.42 Å². The molecule has 1 aliphatic carbocycles. The summed E-state index contributed by atoms with van der Waals surface area (Å²) in [5.41, 5.74) is 6.01. The average molecular weight is 198 g/mol. The van der Waals surface area contributed by atoms with E-state index in [1.807, 2.05) is 0 Å². The van der Waals surface area contributed by atoms with Crippen LogP contribution >= 0.6 is 0 Å². The molecule has 1 aliphatic heterocycles. The first kappa shape index (κ1) is 10.4. The van der Waals surface area contributed by atoms with E-state index in [1.54, 1.807) is 0 Å². The van der Waals surface area contributed by atoms with Crippen molar-refractivity contribution in [2.24, 2.45) is 5.73 Å². The van der Waals surface area contributed by atoms with Crippen molar-refractivity contribution in [1.29, 1.82) is 0 Å². The Bertz CT molecular complexity index is 166. The Kier molecular flexibility index (Phi) is 3.42. The molecule has 0 aromatic rings. The van der Waals surface area contributed by atoms with Crippen LogP contribution in [0.25, 0.3) is 0 Å². The second-order valence-electron chi connectivity index (χ2n) is 4.76. The van der Waals surface area contributed by atoms with E-state index < -0.39 is 0 Å². The average Bonchev–Trinajstić information content (AvgIpc) is 2.18. The largest absolute Gasteiger partial charge is 0.376 e. The summed E-state index contributed by atoms with van der Waals surface area (Å²) >= 11 is 0. The first-order valence-corrected chi connectivity index (χ1v) is 5.87. The van der Waals surface area contributed by atoms with E-state index >= 15 is 0 Å². The third-order valence-corrected chi connectivity index (χ3v) is 3.48. The smallest absolute Gasteiger partial charge is 0.0674 e. The van der Waals surface area contributed by atoms with Crippen molar-refractivity contribution in [2.75, 3.05) is 19.7 Å². The highest BCUT2D eigenvalue weighted by Crippen LogP contribution is 2.23. The van der Waals surface area contributed by atoms with Gasteiger partial charge in [-0.25, -0.2) is 0 Å². The minimum atomic E-state index is 0.405. The highest BCUT2D eigenvalue weighted by atomic mass is 16.5. The molecular formula is C11H22N2O. The summed E-state index contributed by atoms with van der Waals surface area (Å²) < 4.78 is 5.55. The van der Waals surface area contributed by atoms with Gasteiger partial charge in [-0.3, -0.25) is 4.90 Å². The number of nitrogens with two attached hydrogens (primary N) is 1. The van der Waals surface area contributed by atoms with Crippen LogP contribution in [0, 0.1) is 0 Å². The van der Waals surface area contributed by atoms with Crippen LogP contribution in [0.4, 0.5) is 0 Å². The van der Waals surface area contributed by atoms with E-state index in [9.17, 15) is 0 Å². The molecule has 0 radical (unpaired) electrons. The first-order valence-electron chi connectivity index (χ1n) is 5.87. The van der Waals surface area contributed by atoms with Gasteiger partial charge in [-0.2, -0.15) is 0 Å². The van der Waals surface area contributed by atoms with Crippen LogP contribution in [0.1, 0.15) is 32.6 Å². The maximum Gasteiger partial charge on any atom is 0.0674 e. The molecule has 0 aromatic carbocycles. The topological polar surface area (TPSA) is 38.5 Å². The van der Waals surface area contributed by atoms with Gasteiger partial charge in [0.05, 0.1) is 12.7 Å². The van der Waals surface area contributed by atoms with Gasteiger partial charge in [-0.15, -0.1) is 0 Å². The van der Waals surface area contributed by atoms with Crippen molar-refractivity contribution in [3.8, 4) is 0 Å². The fraction of sp³-hybridized carbons (Fsp3) is 1.00. The van der Waals surface area contributed by atoms with Crippen molar-refractivity contribution >= 4 is 0 Å². The summed E-state index contributed by atoms with van der Waals surface area (Å²) in [6.45, 7) is 5.25. The number of hydrogen-bond donors (Lipinski definition) is 1. The summed E-state index contributed by atoms with van der Waals surface area (Å²) in [6, 6.07) is 1.16. The molecule has 0 spiro atoms. The third-order valence-electron chi connectivity index (χ3n) is 3.48. The van der Waals surface area contributed by atoms with Gasteiger partial charge in [-0.05, 0) is 26.2 Å². The SMILES string of the molecule is CC1CN(C2CCCC(N)C2)CCO1. The number of nitrogens with zero attached hydrogens (tertiary/aromatic N) is 1. The van der Waals surface area contributed by atoms with Crippen LogP contribution in [-0.4, -0.2) is 42.8 Å². The molecule has 1 heterocycles. The van der Waals surface area contributed by atoms with Crippen molar-refractivity contribution < 1.29 is 4.74 Å². The molecule has 0 bridgehead atoms. The predicted molar refractivity (Wildman–Crippen MR) is 57.2 cm³/mol. The molecule has 3 unspecified atom stereocenters. The Balaban J connectivity index is 1.86.